The average molecular weight is 170 g/mol. The molecular formula is C12H10O. The summed E-state index contributed by atoms with van der Waals surface area (Å²) in [6.07, 6.45) is 16.0. The Morgan fingerprint density at radius 2 is 1.62 bits per heavy atom. The van der Waals surface area contributed by atoms with Gasteiger partial charge in [0.25, 0.3) is 0 Å². The minimum absolute atomic E-state index is 0.182. The molecule has 0 saturated carbocycles. The van der Waals surface area contributed by atoms with E-state index in [1.54, 1.807) is 6.08 Å². The lowest BCUT2D eigenvalue weighted by Crippen LogP contribution is -2.01. The first-order valence-corrected chi connectivity index (χ1v) is 4.32. The number of rotatable bonds is 0. The quantitative estimate of drug-likeness (QED) is 0.546. The fraction of sp³-hybridized carbons (Fsp3) is 0.0833. The van der Waals surface area contributed by atoms with Gasteiger partial charge in [0.1, 0.15) is 0 Å². The summed E-state index contributed by atoms with van der Waals surface area (Å²) in [7, 11) is 0. The van der Waals surface area contributed by atoms with E-state index in [2.05, 4.69) is 0 Å². The summed E-state index contributed by atoms with van der Waals surface area (Å²) in [5.41, 5.74) is 2.24. The number of allylic oxidation sites excluding steroid dienone is 10. The molecule has 0 saturated heterocycles. The molecule has 0 fully saturated rings. The molecule has 1 nitrogen and oxygen atoms in total. The summed E-state index contributed by atoms with van der Waals surface area (Å²) in [4.78, 5) is 11.1. The van der Waals surface area contributed by atoms with E-state index in [9.17, 15) is 4.79 Å². The van der Waals surface area contributed by atoms with Gasteiger partial charge in [0, 0.05) is 6.42 Å². The van der Waals surface area contributed by atoms with Gasteiger partial charge in [0.15, 0.2) is 5.78 Å². The van der Waals surface area contributed by atoms with Crippen LogP contribution in [0, 0.1) is 0 Å². The van der Waals surface area contributed by atoms with Crippen molar-refractivity contribution >= 4 is 5.78 Å². The van der Waals surface area contributed by atoms with Crippen LogP contribution in [0.3, 0.4) is 0 Å². The number of hydrogen-bond donors (Lipinski definition) is 0. The van der Waals surface area contributed by atoms with Crippen molar-refractivity contribution in [3.63, 3.8) is 0 Å². The second kappa shape index (κ2) is 3.40. The molecule has 0 spiro atoms. The normalized spacial score (nSPS) is 27.5. The van der Waals surface area contributed by atoms with Gasteiger partial charge in [-0.3, -0.25) is 4.79 Å². The van der Waals surface area contributed by atoms with Crippen LogP contribution in [0.2, 0.25) is 0 Å². The third kappa shape index (κ3) is 1.75. The standard InChI is InChI=1S/C12H10O/c13-12-8-7-10-5-3-1-2-4-6-11(10)9-12/h1-8H,9H2/b2-1-,3-1?,4-2?,5-3-,6-4-,10-5?,11-6?. The van der Waals surface area contributed by atoms with Gasteiger partial charge in [0.05, 0.1) is 0 Å². The topological polar surface area (TPSA) is 17.1 Å². The van der Waals surface area contributed by atoms with Gasteiger partial charge in [0.2, 0.25) is 0 Å². The Balaban J connectivity index is 2.40. The van der Waals surface area contributed by atoms with Crippen molar-refractivity contribution in [3.05, 3.63) is 59.8 Å². The highest BCUT2D eigenvalue weighted by molar-refractivity contribution is 5.94. The summed E-state index contributed by atoms with van der Waals surface area (Å²) < 4.78 is 0. The zero-order chi connectivity index (χ0) is 9.10. The molecular weight excluding hydrogens is 160 g/mol. The summed E-state index contributed by atoms with van der Waals surface area (Å²) in [5.74, 6) is 0.182. The van der Waals surface area contributed by atoms with Crippen LogP contribution >= 0.6 is 0 Å². The Morgan fingerprint density at radius 3 is 2.46 bits per heavy atom. The lowest BCUT2D eigenvalue weighted by Gasteiger charge is -2.09. The SMILES string of the molecule is O=C1C=CC2=C(\C=C/C=C\C=C/2)C1. The first-order chi connectivity index (χ1) is 6.36. The largest absolute Gasteiger partial charge is 0.294 e. The highest BCUT2D eigenvalue weighted by atomic mass is 16.1. The van der Waals surface area contributed by atoms with Gasteiger partial charge in [-0.15, -0.1) is 0 Å². The van der Waals surface area contributed by atoms with E-state index in [1.807, 2.05) is 42.5 Å². The molecule has 0 atom stereocenters. The Labute approximate surface area is 77.5 Å². The van der Waals surface area contributed by atoms with E-state index in [0.717, 1.165) is 11.1 Å². The van der Waals surface area contributed by atoms with Crippen molar-refractivity contribution in [2.24, 2.45) is 0 Å². The Bertz CT molecular complexity index is 372. The van der Waals surface area contributed by atoms with Crippen LogP contribution in [0.15, 0.2) is 59.8 Å². The van der Waals surface area contributed by atoms with Crippen LogP contribution in [0.25, 0.3) is 0 Å². The van der Waals surface area contributed by atoms with Gasteiger partial charge in [-0.2, -0.15) is 0 Å². The lowest BCUT2D eigenvalue weighted by molar-refractivity contribution is -0.114. The zero-order valence-corrected chi connectivity index (χ0v) is 7.23. The van der Waals surface area contributed by atoms with Crippen LogP contribution in [0.4, 0.5) is 0 Å². The fourth-order valence-electron chi connectivity index (χ4n) is 1.42. The maximum absolute atomic E-state index is 11.1. The Morgan fingerprint density at radius 1 is 0.846 bits per heavy atom. The van der Waals surface area contributed by atoms with Gasteiger partial charge in [-0.1, -0.05) is 42.5 Å². The number of hydrogen-bond acceptors (Lipinski definition) is 1. The van der Waals surface area contributed by atoms with E-state index in [4.69, 9.17) is 0 Å². The monoisotopic (exact) mass is 170 g/mol. The first kappa shape index (κ1) is 7.99. The second-order valence-corrected chi connectivity index (χ2v) is 3.06. The fourth-order valence-corrected chi connectivity index (χ4v) is 1.42. The molecule has 0 aromatic heterocycles. The minimum Gasteiger partial charge on any atom is -0.294 e. The van der Waals surface area contributed by atoms with E-state index < -0.39 is 0 Å². The highest BCUT2D eigenvalue weighted by Gasteiger charge is 2.09. The molecule has 0 heterocycles. The van der Waals surface area contributed by atoms with Crippen LogP contribution in [-0.2, 0) is 4.79 Å². The molecule has 0 bridgehead atoms. The molecule has 0 aliphatic heterocycles. The van der Waals surface area contributed by atoms with Crippen LogP contribution < -0.4 is 0 Å². The third-order valence-corrected chi connectivity index (χ3v) is 2.09. The molecule has 2 aliphatic rings. The second-order valence-electron chi connectivity index (χ2n) is 3.06. The van der Waals surface area contributed by atoms with Crippen molar-refractivity contribution in [3.8, 4) is 0 Å². The van der Waals surface area contributed by atoms with Gasteiger partial charge < -0.3 is 0 Å². The number of carbonyl (C=O) groups excluding carboxylic acids is 1. The first-order valence-electron chi connectivity index (χ1n) is 4.32. The molecule has 2 rings (SSSR count). The maximum Gasteiger partial charge on any atom is 0.160 e. The molecule has 64 valence electrons. The smallest absolute Gasteiger partial charge is 0.160 e. The third-order valence-electron chi connectivity index (χ3n) is 2.09. The predicted octanol–water partition coefficient (Wildman–Crippen LogP) is 2.49. The van der Waals surface area contributed by atoms with Crippen molar-refractivity contribution < 1.29 is 4.79 Å². The van der Waals surface area contributed by atoms with Crippen LogP contribution in [-0.4, -0.2) is 5.78 Å². The van der Waals surface area contributed by atoms with Gasteiger partial charge >= 0.3 is 0 Å². The van der Waals surface area contributed by atoms with Gasteiger partial charge in [-0.25, -0.2) is 0 Å². The Kier molecular flexibility index (Phi) is 2.09. The summed E-state index contributed by atoms with van der Waals surface area (Å²) in [5, 5.41) is 0. The summed E-state index contributed by atoms with van der Waals surface area (Å²) in [6.45, 7) is 0. The molecule has 0 unspecified atom stereocenters. The Hall–Kier alpha value is -1.63. The van der Waals surface area contributed by atoms with E-state index in [-0.39, 0.29) is 5.78 Å². The van der Waals surface area contributed by atoms with Gasteiger partial charge in [-0.05, 0) is 17.2 Å². The van der Waals surface area contributed by atoms with E-state index in [1.165, 1.54) is 0 Å². The molecule has 0 radical (unpaired) electrons. The van der Waals surface area contributed by atoms with E-state index >= 15 is 0 Å². The lowest BCUT2D eigenvalue weighted by atomic mass is 9.95. The average Bonchev–Trinajstić information content (AvgIpc) is 2.08. The van der Waals surface area contributed by atoms with Crippen molar-refractivity contribution in [1.82, 2.24) is 0 Å². The molecule has 0 aromatic carbocycles. The van der Waals surface area contributed by atoms with E-state index in [0.29, 0.717) is 6.42 Å². The molecule has 2 aliphatic carbocycles. The molecule has 13 heavy (non-hydrogen) atoms. The number of carbonyl (C=O) groups is 1. The molecule has 0 N–H and O–H groups in total. The van der Waals surface area contributed by atoms with Crippen LogP contribution in [0.5, 0.6) is 0 Å². The maximum atomic E-state index is 11.1. The van der Waals surface area contributed by atoms with Crippen molar-refractivity contribution in [2.45, 2.75) is 6.42 Å². The molecule has 0 aromatic rings. The van der Waals surface area contributed by atoms with Crippen molar-refractivity contribution in [1.29, 1.82) is 0 Å². The van der Waals surface area contributed by atoms with Crippen molar-refractivity contribution in [2.75, 3.05) is 0 Å². The minimum atomic E-state index is 0.182. The molecule has 0 amide bonds. The molecule has 1 heteroatoms. The zero-order valence-electron chi connectivity index (χ0n) is 7.23. The van der Waals surface area contributed by atoms with Crippen LogP contribution in [0.1, 0.15) is 6.42 Å². The summed E-state index contributed by atoms with van der Waals surface area (Å²) >= 11 is 0. The number of ketones is 1. The predicted molar refractivity (Wildman–Crippen MR) is 53.2 cm³/mol. The highest BCUT2D eigenvalue weighted by Crippen LogP contribution is 2.20. The summed E-state index contributed by atoms with van der Waals surface area (Å²) in [6, 6.07) is 0.